The van der Waals surface area contributed by atoms with E-state index in [0.717, 1.165) is 37.0 Å². The van der Waals surface area contributed by atoms with Crippen molar-refractivity contribution in [2.75, 3.05) is 11.9 Å². The van der Waals surface area contributed by atoms with Crippen LogP contribution in [0.25, 0.3) is 0 Å². The van der Waals surface area contributed by atoms with Gasteiger partial charge in [0, 0.05) is 18.5 Å². The highest BCUT2D eigenvalue weighted by Gasteiger charge is 2.45. The van der Waals surface area contributed by atoms with E-state index >= 15 is 0 Å². The molecule has 3 amide bonds. The Morgan fingerprint density at radius 1 is 1.08 bits per heavy atom. The first-order valence-electron chi connectivity index (χ1n) is 8.73. The number of nitrogens with one attached hydrogen (secondary N) is 1. The van der Waals surface area contributed by atoms with Crippen molar-refractivity contribution < 1.29 is 14.4 Å². The number of benzene rings is 1. The van der Waals surface area contributed by atoms with Crippen LogP contribution in [0.5, 0.6) is 0 Å². The first-order chi connectivity index (χ1) is 11.5. The van der Waals surface area contributed by atoms with Crippen LogP contribution in [-0.4, -0.2) is 29.2 Å². The number of aryl methyl sites for hydroxylation is 1. The Kier molecular flexibility index (Phi) is 4.69. The number of hydrogen-bond donors (Lipinski definition) is 1. The maximum atomic E-state index is 12.4. The van der Waals surface area contributed by atoms with Crippen LogP contribution in [0.4, 0.5) is 5.69 Å². The monoisotopic (exact) mass is 328 g/mol. The van der Waals surface area contributed by atoms with E-state index in [9.17, 15) is 14.4 Å². The Bertz CT molecular complexity index is 625. The van der Waals surface area contributed by atoms with E-state index in [1.165, 1.54) is 5.56 Å². The van der Waals surface area contributed by atoms with Gasteiger partial charge in [-0.25, -0.2) is 0 Å². The maximum Gasteiger partial charge on any atom is 0.244 e. The summed E-state index contributed by atoms with van der Waals surface area (Å²) in [5.41, 5.74) is 1.74. The van der Waals surface area contributed by atoms with E-state index in [4.69, 9.17) is 0 Å². The molecule has 3 rings (SSSR count). The van der Waals surface area contributed by atoms with Gasteiger partial charge in [0.15, 0.2) is 0 Å². The molecule has 0 aromatic heterocycles. The molecule has 0 radical (unpaired) electrons. The zero-order valence-corrected chi connectivity index (χ0v) is 14.1. The van der Waals surface area contributed by atoms with Crippen LogP contribution in [0.15, 0.2) is 24.3 Å². The third kappa shape index (κ3) is 3.50. The Labute approximate surface area is 142 Å². The molecule has 1 aromatic rings. The summed E-state index contributed by atoms with van der Waals surface area (Å²) in [5.74, 6) is -0.738. The van der Waals surface area contributed by atoms with Crippen LogP contribution < -0.4 is 5.32 Å². The molecule has 128 valence electrons. The van der Waals surface area contributed by atoms with E-state index in [1.807, 2.05) is 24.3 Å². The first kappa shape index (κ1) is 16.7. The molecule has 2 fully saturated rings. The molecule has 1 aliphatic heterocycles. The minimum Gasteiger partial charge on any atom is -0.325 e. The summed E-state index contributed by atoms with van der Waals surface area (Å²) in [7, 11) is 0. The number of hydrogen-bond acceptors (Lipinski definition) is 3. The summed E-state index contributed by atoms with van der Waals surface area (Å²) in [6.45, 7) is 1.88. The smallest absolute Gasteiger partial charge is 0.244 e. The molecule has 2 aliphatic rings. The maximum absolute atomic E-state index is 12.4. The predicted molar refractivity (Wildman–Crippen MR) is 91.3 cm³/mol. The minimum absolute atomic E-state index is 0.128. The Hall–Kier alpha value is -2.17. The van der Waals surface area contributed by atoms with Gasteiger partial charge in [-0.3, -0.25) is 19.3 Å². The van der Waals surface area contributed by atoms with Crippen molar-refractivity contribution in [2.45, 2.75) is 51.9 Å². The lowest BCUT2D eigenvalue weighted by molar-refractivity contribution is -0.155. The van der Waals surface area contributed by atoms with Crippen LogP contribution in [0.2, 0.25) is 0 Å². The molecule has 0 unspecified atom stereocenters. The molecule has 5 nitrogen and oxygen atoms in total. The van der Waals surface area contributed by atoms with E-state index in [0.29, 0.717) is 18.5 Å². The number of anilines is 1. The molecule has 0 atom stereocenters. The van der Waals surface area contributed by atoms with Gasteiger partial charge in [-0.2, -0.15) is 0 Å². The second-order valence-electron chi connectivity index (χ2n) is 7.03. The van der Waals surface area contributed by atoms with Crippen molar-refractivity contribution in [2.24, 2.45) is 5.41 Å². The summed E-state index contributed by atoms with van der Waals surface area (Å²) in [6.07, 6.45) is 5.83. The topological polar surface area (TPSA) is 66.5 Å². The predicted octanol–water partition coefficient (Wildman–Crippen LogP) is 2.90. The number of carbonyl (C=O) groups is 3. The fourth-order valence-corrected chi connectivity index (χ4v) is 3.86. The van der Waals surface area contributed by atoms with Crippen LogP contribution in [0, 0.1) is 5.41 Å². The molecule has 1 aromatic carbocycles. The molecular formula is C19H24N2O3. The van der Waals surface area contributed by atoms with Gasteiger partial charge in [0.1, 0.15) is 6.54 Å². The van der Waals surface area contributed by atoms with Crippen molar-refractivity contribution >= 4 is 23.4 Å². The van der Waals surface area contributed by atoms with E-state index in [2.05, 4.69) is 12.2 Å². The van der Waals surface area contributed by atoms with Crippen molar-refractivity contribution in [1.29, 1.82) is 0 Å². The average Bonchev–Trinajstić information content (AvgIpc) is 2.99. The largest absolute Gasteiger partial charge is 0.325 e. The zero-order valence-electron chi connectivity index (χ0n) is 14.1. The number of carbonyl (C=O) groups excluding carboxylic acids is 3. The van der Waals surface area contributed by atoms with Crippen molar-refractivity contribution in [3.05, 3.63) is 29.8 Å². The summed E-state index contributed by atoms with van der Waals surface area (Å²) in [5, 5.41) is 2.76. The highest BCUT2D eigenvalue weighted by Crippen LogP contribution is 2.46. The quantitative estimate of drug-likeness (QED) is 0.864. The van der Waals surface area contributed by atoms with Gasteiger partial charge in [-0.15, -0.1) is 0 Å². The third-order valence-corrected chi connectivity index (χ3v) is 5.27. The van der Waals surface area contributed by atoms with Crippen molar-refractivity contribution in [1.82, 2.24) is 4.90 Å². The van der Waals surface area contributed by atoms with Gasteiger partial charge in [0.25, 0.3) is 0 Å². The zero-order chi connectivity index (χ0) is 17.2. The number of nitrogens with zero attached hydrogens (tertiary/aromatic N) is 1. The molecule has 1 heterocycles. The van der Waals surface area contributed by atoms with Crippen LogP contribution in [0.3, 0.4) is 0 Å². The highest BCUT2D eigenvalue weighted by molar-refractivity contribution is 6.03. The van der Waals surface area contributed by atoms with Gasteiger partial charge in [0.05, 0.1) is 0 Å². The molecule has 1 aliphatic carbocycles. The van der Waals surface area contributed by atoms with Crippen molar-refractivity contribution in [3.63, 3.8) is 0 Å². The lowest BCUT2D eigenvalue weighted by Crippen LogP contribution is -2.49. The van der Waals surface area contributed by atoms with E-state index in [1.54, 1.807) is 0 Å². The fraction of sp³-hybridized carbons (Fsp3) is 0.526. The standard InChI is InChI=1S/C19H24N2O3/c1-2-14-5-7-15(8-6-14)20-16(22)13-21-17(23)11-19(12-18(21)24)9-3-4-10-19/h5-8H,2-4,9-13H2,1H3,(H,20,22). The van der Waals surface area contributed by atoms with Crippen LogP contribution in [0.1, 0.15) is 51.0 Å². The molecule has 0 bridgehead atoms. The fourth-order valence-electron chi connectivity index (χ4n) is 3.86. The number of rotatable bonds is 4. The normalized spacial score (nSPS) is 19.8. The summed E-state index contributed by atoms with van der Waals surface area (Å²) >= 11 is 0. The van der Waals surface area contributed by atoms with Gasteiger partial charge < -0.3 is 5.32 Å². The second-order valence-corrected chi connectivity index (χ2v) is 7.03. The minimum atomic E-state index is -0.330. The van der Waals surface area contributed by atoms with Gasteiger partial charge >= 0.3 is 0 Å². The van der Waals surface area contributed by atoms with Crippen molar-refractivity contribution in [3.8, 4) is 0 Å². The third-order valence-electron chi connectivity index (χ3n) is 5.27. The van der Waals surface area contributed by atoms with Crippen LogP contribution in [-0.2, 0) is 20.8 Å². The van der Waals surface area contributed by atoms with E-state index < -0.39 is 0 Å². The summed E-state index contributed by atoms with van der Waals surface area (Å²) < 4.78 is 0. The molecule has 1 saturated heterocycles. The Morgan fingerprint density at radius 2 is 1.67 bits per heavy atom. The number of amides is 3. The molecule has 24 heavy (non-hydrogen) atoms. The first-order valence-corrected chi connectivity index (χ1v) is 8.73. The number of likely N-dealkylation sites (tertiary alicyclic amines) is 1. The second kappa shape index (κ2) is 6.75. The highest BCUT2D eigenvalue weighted by atomic mass is 16.2. The number of imide groups is 1. The lowest BCUT2D eigenvalue weighted by atomic mass is 9.76. The molecule has 5 heteroatoms. The van der Waals surface area contributed by atoms with Crippen LogP contribution >= 0.6 is 0 Å². The molecular weight excluding hydrogens is 304 g/mol. The van der Waals surface area contributed by atoms with Gasteiger partial charge in [0.2, 0.25) is 17.7 Å². The molecule has 1 N–H and O–H groups in total. The summed E-state index contributed by atoms with van der Waals surface area (Å²) in [4.78, 5) is 38.0. The summed E-state index contributed by atoms with van der Waals surface area (Å²) in [6, 6.07) is 7.58. The molecule has 1 saturated carbocycles. The number of piperidine rings is 1. The van der Waals surface area contributed by atoms with Gasteiger partial charge in [-0.1, -0.05) is 31.9 Å². The molecule has 1 spiro atoms. The van der Waals surface area contributed by atoms with Gasteiger partial charge in [-0.05, 0) is 42.4 Å². The lowest BCUT2D eigenvalue weighted by Gasteiger charge is -2.36. The SMILES string of the molecule is CCc1ccc(NC(=O)CN2C(=O)CC3(CCCC3)CC2=O)cc1. The van der Waals surface area contributed by atoms with E-state index in [-0.39, 0.29) is 29.7 Å². The average molecular weight is 328 g/mol. The Morgan fingerprint density at radius 3 is 2.21 bits per heavy atom. The Balaban J connectivity index is 1.59.